The average Bonchev–Trinajstić information content (AvgIpc) is 2.82. The van der Waals surface area contributed by atoms with Crippen molar-refractivity contribution in [3.05, 3.63) is 100 Å². The Morgan fingerprint density at radius 2 is 1.78 bits per heavy atom. The quantitative estimate of drug-likeness (QED) is 0.355. The van der Waals surface area contributed by atoms with Crippen molar-refractivity contribution < 1.29 is 14.3 Å². The Kier molecular flexibility index (Phi) is 7.91. The summed E-state index contributed by atoms with van der Waals surface area (Å²) >= 11 is 6.43. The smallest absolute Gasteiger partial charge is 0.262 e. The van der Waals surface area contributed by atoms with Gasteiger partial charge in [0, 0.05) is 0 Å². The van der Waals surface area contributed by atoms with Crippen molar-refractivity contribution in [2.75, 3.05) is 7.11 Å². The lowest BCUT2D eigenvalue weighted by molar-refractivity contribution is -0.117. The molecule has 1 amide bonds. The largest absolute Gasteiger partial charge is 0.493 e. The lowest BCUT2D eigenvalue weighted by Gasteiger charge is -2.15. The molecule has 0 aromatic heterocycles. The van der Waals surface area contributed by atoms with E-state index < -0.39 is 5.91 Å². The predicted octanol–water partition coefficient (Wildman–Crippen LogP) is 5.71. The monoisotopic (exact) mass is 446 g/mol. The Bertz CT molecular complexity index is 1140. The van der Waals surface area contributed by atoms with E-state index in [2.05, 4.69) is 5.32 Å². The molecule has 0 bridgehead atoms. The standard InChI is InChI=1S/C26H23ClN2O3/c1-18(21-11-7-4-8-12-21)29-26(30)22(16-28)13-20-14-23(27)25(24(15-20)31-2)32-17-19-9-5-3-6-10-19/h3-15,18H,17H2,1-2H3,(H,29,30)/b22-13-/t18-/m1/s1. The molecule has 5 nitrogen and oxygen atoms in total. The van der Waals surface area contributed by atoms with Gasteiger partial charge in [0.15, 0.2) is 11.5 Å². The van der Waals surface area contributed by atoms with Crippen molar-refractivity contribution in [1.29, 1.82) is 5.26 Å². The number of carbonyl (C=O) groups excluding carboxylic acids is 1. The first-order chi connectivity index (χ1) is 15.5. The predicted molar refractivity (Wildman–Crippen MR) is 125 cm³/mol. The van der Waals surface area contributed by atoms with Gasteiger partial charge in [-0.3, -0.25) is 4.79 Å². The molecule has 3 aromatic rings. The summed E-state index contributed by atoms with van der Waals surface area (Å²) in [5.74, 6) is 0.342. The zero-order valence-corrected chi connectivity index (χ0v) is 18.6. The molecule has 0 spiro atoms. The lowest BCUT2D eigenvalue weighted by Crippen LogP contribution is -2.27. The summed E-state index contributed by atoms with van der Waals surface area (Å²) in [6.45, 7) is 2.19. The summed E-state index contributed by atoms with van der Waals surface area (Å²) in [4.78, 5) is 12.6. The normalized spacial score (nSPS) is 11.9. The van der Waals surface area contributed by atoms with Crippen LogP contribution in [0.3, 0.4) is 0 Å². The van der Waals surface area contributed by atoms with Crippen LogP contribution in [0.4, 0.5) is 0 Å². The minimum atomic E-state index is -0.469. The Balaban J connectivity index is 1.79. The number of ether oxygens (including phenoxy) is 2. The van der Waals surface area contributed by atoms with Gasteiger partial charge in [-0.15, -0.1) is 0 Å². The zero-order chi connectivity index (χ0) is 22.9. The summed E-state index contributed by atoms with van der Waals surface area (Å²) in [7, 11) is 1.51. The number of halogens is 1. The number of nitrogens with one attached hydrogen (secondary N) is 1. The molecule has 6 heteroatoms. The maximum Gasteiger partial charge on any atom is 0.262 e. The lowest BCUT2D eigenvalue weighted by atomic mass is 10.1. The Morgan fingerprint density at radius 1 is 1.12 bits per heavy atom. The summed E-state index contributed by atoms with van der Waals surface area (Å²) in [5, 5.41) is 12.7. The molecular weight excluding hydrogens is 424 g/mol. The third-order valence-corrected chi connectivity index (χ3v) is 5.08. The van der Waals surface area contributed by atoms with E-state index in [0.29, 0.717) is 28.7 Å². The minimum Gasteiger partial charge on any atom is -0.493 e. The van der Waals surface area contributed by atoms with Crippen molar-refractivity contribution in [3.8, 4) is 17.6 Å². The fourth-order valence-corrected chi connectivity index (χ4v) is 3.38. The van der Waals surface area contributed by atoms with Crippen LogP contribution in [0, 0.1) is 11.3 Å². The maximum atomic E-state index is 12.6. The number of hydrogen-bond donors (Lipinski definition) is 1. The van der Waals surface area contributed by atoms with Gasteiger partial charge in [0.2, 0.25) is 0 Å². The van der Waals surface area contributed by atoms with Gasteiger partial charge in [-0.2, -0.15) is 5.26 Å². The number of rotatable bonds is 8. The number of methoxy groups -OCH3 is 1. The van der Waals surface area contributed by atoms with Gasteiger partial charge in [-0.25, -0.2) is 0 Å². The number of amides is 1. The van der Waals surface area contributed by atoms with Gasteiger partial charge in [0.1, 0.15) is 18.2 Å². The van der Waals surface area contributed by atoms with Gasteiger partial charge in [0.25, 0.3) is 5.91 Å². The Hall–Kier alpha value is -3.75. The molecule has 0 unspecified atom stereocenters. The van der Waals surface area contributed by atoms with Crippen LogP contribution in [-0.2, 0) is 11.4 Å². The summed E-state index contributed by atoms with van der Waals surface area (Å²) < 4.78 is 11.3. The molecule has 3 rings (SSSR count). The highest BCUT2D eigenvalue weighted by molar-refractivity contribution is 6.32. The zero-order valence-electron chi connectivity index (χ0n) is 17.8. The molecule has 0 aliphatic rings. The van der Waals surface area contributed by atoms with E-state index in [1.165, 1.54) is 13.2 Å². The van der Waals surface area contributed by atoms with E-state index >= 15 is 0 Å². The first-order valence-electron chi connectivity index (χ1n) is 10.0. The number of nitrogens with zero attached hydrogens (tertiary/aromatic N) is 1. The van der Waals surface area contributed by atoms with Crippen LogP contribution >= 0.6 is 11.6 Å². The molecule has 32 heavy (non-hydrogen) atoms. The maximum absolute atomic E-state index is 12.6. The topological polar surface area (TPSA) is 71.3 Å². The molecule has 0 aliphatic carbocycles. The van der Waals surface area contributed by atoms with Gasteiger partial charge < -0.3 is 14.8 Å². The first kappa shape index (κ1) is 22.9. The third-order valence-electron chi connectivity index (χ3n) is 4.80. The van der Waals surface area contributed by atoms with Crippen molar-refractivity contribution in [2.45, 2.75) is 19.6 Å². The van der Waals surface area contributed by atoms with Crippen LogP contribution in [0.1, 0.15) is 29.7 Å². The van der Waals surface area contributed by atoms with E-state index in [1.54, 1.807) is 12.1 Å². The fraction of sp³-hybridized carbons (Fsp3) is 0.154. The molecule has 3 aromatic carbocycles. The molecule has 1 N–H and O–H groups in total. The van der Waals surface area contributed by atoms with Crippen molar-refractivity contribution in [2.24, 2.45) is 0 Å². The van der Waals surface area contributed by atoms with E-state index in [4.69, 9.17) is 21.1 Å². The number of hydrogen-bond acceptors (Lipinski definition) is 4. The van der Waals surface area contributed by atoms with Crippen LogP contribution in [-0.4, -0.2) is 13.0 Å². The van der Waals surface area contributed by atoms with Crippen LogP contribution in [0.25, 0.3) is 6.08 Å². The molecule has 0 saturated heterocycles. The van der Waals surface area contributed by atoms with Crippen LogP contribution in [0.2, 0.25) is 5.02 Å². The van der Waals surface area contributed by atoms with E-state index in [-0.39, 0.29) is 11.6 Å². The highest BCUT2D eigenvalue weighted by Crippen LogP contribution is 2.37. The summed E-state index contributed by atoms with van der Waals surface area (Å²) in [6, 6.07) is 24.3. The molecule has 0 radical (unpaired) electrons. The van der Waals surface area contributed by atoms with E-state index in [1.807, 2.05) is 73.7 Å². The second kappa shape index (κ2) is 11.0. The van der Waals surface area contributed by atoms with Gasteiger partial charge in [0.05, 0.1) is 18.2 Å². The fourth-order valence-electron chi connectivity index (χ4n) is 3.11. The van der Waals surface area contributed by atoms with Crippen molar-refractivity contribution in [1.82, 2.24) is 5.32 Å². The van der Waals surface area contributed by atoms with Crippen molar-refractivity contribution >= 4 is 23.6 Å². The van der Waals surface area contributed by atoms with Crippen LogP contribution in [0.5, 0.6) is 11.5 Å². The van der Waals surface area contributed by atoms with E-state index in [0.717, 1.165) is 11.1 Å². The molecule has 0 fully saturated rings. The SMILES string of the molecule is COc1cc(/C=C(/C#N)C(=O)N[C@H](C)c2ccccc2)cc(Cl)c1OCc1ccccc1. The van der Waals surface area contributed by atoms with Gasteiger partial charge >= 0.3 is 0 Å². The third kappa shape index (κ3) is 5.90. The Labute approximate surface area is 192 Å². The molecule has 0 saturated carbocycles. The van der Waals surface area contributed by atoms with Gasteiger partial charge in [-0.1, -0.05) is 72.3 Å². The average molecular weight is 447 g/mol. The summed E-state index contributed by atoms with van der Waals surface area (Å²) in [6.07, 6.45) is 1.47. The Morgan fingerprint density at radius 3 is 2.41 bits per heavy atom. The van der Waals surface area contributed by atoms with Gasteiger partial charge in [-0.05, 0) is 41.8 Å². The number of benzene rings is 3. The first-order valence-corrected chi connectivity index (χ1v) is 10.4. The second-order valence-corrected chi connectivity index (χ2v) is 7.49. The molecule has 162 valence electrons. The number of carbonyl (C=O) groups is 1. The number of nitriles is 1. The highest BCUT2D eigenvalue weighted by Gasteiger charge is 2.16. The van der Waals surface area contributed by atoms with Crippen LogP contribution in [0.15, 0.2) is 78.4 Å². The van der Waals surface area contributed by atoms with E-state index in [9.17, 15) is 10.1 Å². The van der Waals surface area contributed by atoms with Crippen molar-refractivity contribution in [3.63, 3.8) is 0 Å². The highest BCUT2D eigenvalue weighted by atomic mass is 35.5. The molecule has 1 atom stereocenters. The molecule has 0 heterocycles. The van der Waals surface area contributed by atoms with Crippen LogP contribution < -0.4 is 14.8 Å². The summed E-state index contributed by atoms with van der Waals surface area (Å²) in [5.41, 5.74) is 2.45. The second-order valence-electron chi connectivity index (χ2n) is 7.08. The molecular formula is C26H23ClN2O3. The molecule has 0 aliphatic heterocycles. The minimum absolute atomic E-state index is 0.0381.